The van der Waals surface area contributed by atoms with E-state index in [2.05, 4.69) is 10.2 Å². The Bertz CT molecular complexity index is 575. The lowest BCUT2D eigenvalue weighted by Gasteiger charge is -2.26. The van der Waals surface area contributed by atoms with Crippen molar-refractivity contribution >= 4 is 5.91 Å². The zero-order chi connectivity index (χ0) is 18.2. The van der Waals surface area contributed by atoms with Gasteiger partial charge in [-0.05, 0) is 43.0 Å². The standard InChI is InChI=1S/C20H31N3O3/c21-14-17-4-2-6-19(17)20(24)22-15-16-3-1-5-18(13-16)26-12-9-23-7-10-25-11-8-23/h1,3,5,13,17,19H,2,4,6-12,14-15,21H2,(H,22,24)/t17-,19-/m1/s1. The van der Waals surface area contributed by atoms with Crippen LogP contribution in [0.15, 0.2) is 24.3 Å². The molecule has 1 aliphatic carbocycles. The monoisotopic (exact) mass is 361 g/mol. The van der Waals surface area contributed by atoms with E-state index >= 15 is 0 Å². The van der Waals surface area contributed by atoms with Gasteiger partial charge in [0.15, 0.2) is 0 Å². The van der Waals surface area contributed by atoms with Gasteiger partial charge < -0.3 is 20.5 Å². The van der Waals surface area contributed by atoms with Gasteiger partial charge in [0.25, 0.3) is 0 Å². The van der Waals surface area contributed by atoms with Crippen LogP contribution in [0.2, 0.25) is 0 Å². The molecule has 0 bridgehead atoms. The Morgan fingerprint density at radius 2 is 2.15 bits per heavy atom. The van der Waals surface area contributed by atoms with Crippen LogP contribution in [0.3, 0.4) is 0 Å². The van der Waals surface area contributed by atoms with Crippen LogP contribution in [-0.2, 0) is 16.1 Å². The summed E-state index contributed by atoms with van der Waals surface area (Å²) in [6.07, 6.45) is 3.13. The third kappa shape index (κ3) is 5.43. The maximum atomic E-state index is 12.4. The second kappa shape index (κ2) is 9.90. The van der Waals surface area contributed by atoms with Crippen LogP contribution in [0.5, 0.6) is 5.75 Å². The van der Waals surface area contributed by atoms with Crippen LogP contribution in [0.4, 0.5) is 0 Å². The van der Waals surface area contributed by atoms with E-state index in [9.17, 15) is 4.79 Å². The van der Waals surface area contributed by atoms with Gasteiger partial charge in [0.05, 0.1) is 13.2 Å². The van der Waals surface area contributed by atoms with Gasteiger partial charge in [-0.3, -0.25) is 9.69 Å². The van der Waals surface area contributed by atoms with E-state index in [1.807, 2.05) is 24.3 Å². The molecular formula is C20H31N3O3. The van der Waals surface area contributed by atoms with E-state index in [0.717, 1.165) is 63.4 Å². The smallest absolute Gasteiger partial charge is 0.223 e. The number of benzene rings is 1. The van der Waals surface area contributed by atoms with Crippen molar-refractivity contribution in [2.24, 2.45) is 17.6 Å². The van der Waals surface area contributed by atoms with Crippen molar-refractivity contribution in [2.75, 3.05) is 46.0 Å². The fraction of sp³-hybridized carbons (Fsp3) is 0.650. The quantitative estimate of drug-likeness (QED) is 0.732. The Morgan fingerprint density at radius 1 is 1.31 bits per heavy atom. The maximum absolute atomic E-state index is 12.4. The molecule has 1 aliphatic heterocycles. The summed E-state index contributed by atoms with van der Waals surface area (Å²) in [5.41, 5.74) is 6.84. The first-order valence-electron chi connectivity index (χ1n) is 9.76. The van der Waals surface area contributed by atoms with E-state index in [4.69, 9.17) is 15.2 Å². The second-order valence-corrected chi connectivity index (χ2v) is 7.20. The molecule has 1 saturated heterocycles. The number of amides is 1. The van der Waals surface area contributed by atoms with Crippen molar-refractivity contribution in [3.63, 3.8) is 0 Å². The molecule has 2 fully saturated rings. The lowest BCUT2D eigenvalue weighted by atomic mass is 9.95. The van der Waals surface area contributed by atoms with Gasteiger partial charge >= 0.3 is 0 Å². The third-order valence-electron chi connectivity index (χ3n) is 5.44. The minimum atomic E-state index is 0.0768. The minimum absolute atomic E-state index is 0.0768. The number of nitrogens with one attached hydrogen (secondary N) is 1. The Labute approximate surface area is 156 Å². The van der Waals surface area contributed by atoms with E-state index in [-0.39, 0.29) is 11.8 Å². The lowest BCUT2D eigenvalue weighted by Crippen LogP contribution is -2.38. The third-order valence-corrected chi connectivity index (χ3v) is 5.44. The Morgan fingerprint density at radius 3 is 2.96 bits per heavy atom. The number of nitrogens with two attached hydrogens (primary N) is 1. The van der Waals surface area contributed by atoms with Crippen LogP contribution in [-0.4, -0.2) is 56.8 Å². The van der Waals surface area contributed by atoms with Crippen LogP contribution in [0.1, 0.15) is 24.8 Å². The fourth-order valence-corrected chi connectivity index (χ4v) is 3.85. The predicted octanol–water partition coefficient (Wildman–Crippen LogP) is 1.39. The summed E-state index contributed by atoms with van der Waals surface area (Å²) in [7, 11) is 0. The molecule has 0 spiro atoms. The van der Waals surface area contributed by atoms with Crippen molar-refractivity contribution < 1.29 is 14.3 Å². The van der Waals surface area contributed by atoms with Crippen LogP contribution in [0, 0.1) is 11.8 Å². The molecule has 0 aromatic heterocycles. The summed E-state index contributed by atoms with van der Waals surface area (Å²) >= 11 is 0. The first kappa shape index (κ1) is 19.1. The molecule has 1 amide bonds. The summed E-state index contributed by atoms with van der Waals surface area (Å²) < 4.78 is 11.2. The average molecular weight is 361 g/mol. The predicted molar refractivity (Wildman–Crippen MR) is 101 cm³/mol. The Balaban J connectivity index is 1.42. The molecule has 2 atom stereocenters. The second-order valence-electron chi connectivity index (χ2n) is 7.20. The van der Waals surface area contributed by atoms with Crippen LogP contribution in [0.25, 0.3) is 0 Å². The molecule has 3 rings (SSSR count). The highest BCUT2D eigenvalue weighted by molar-refractivity contribution is 5.79. The normalized spacial score (nSPS) is 23.7. The van der Waals surface area contributed by atoms with Crippen molar-refractivity contribution in [2.45, 2.75) is 25.8 Å². The molecule has 2 aliphatic rings. The highest BCUT2D eigenvalue weighted by atomic mass is 16.5. The number of carbonyl (C=O) groups excluding carboxylic acids is 1. The molecule has 1 aromatic rings. The molecule has 3 N–H and O–H groups in total. The molecular weight excluding hydrogens is 330 g/mol. The molecule has 144 valence electrons. The van der Waals surface area contributed by atoms with Gasteiger partial charge in [-0.25, -0.2) is 0 Å². The van der Waals surface area contributed by atoms with Gasteiger partial charge in [-0.2, -0.15) is 0 Å². The molecule has 6 heteroatoms. The highest BCUT2D eigenvalue weighted by Crippen LogP contribution is 2.31. The van der Waals surface area contributed by atoms with E-state index in [1.165, 1.54) is 0 Å². The molecule has 26 heavy (non-hydrogen) atoms. The van der Waals surface area contributed by atoms with Crippen LogP contribution < -0.4 is 15.8 Å². The largest absolute Gasteiger partial charge is 0.492 e. The number of carbonyl (C=O) groups is 1. The summed E-state index contributed by atoms with van der Waals surface area (Å²) in [6.45, 7) is 6.27. The number of rotatable bonds is 8. The van der Waals surface area contributed by atoms with E-state index in [0.29, 0.717) is 25.6 Å². The molecule has 0 unspecified atom stereocenters. The van der Waals surface area contributed by atoms with Crippen molar-refractivity contribution in [1.29, 1.82) is 0 Å². The molecule has 0 radical (unpaired) electrons. The van der Waals surface area contributed by atoms with Crippen LogP contribution >= 0.6 is 0 Å². The van der Waals surface area contributed by atoms with Gasteiger partial charge in [-0.1, -0.05) is 18.6 Å². The number of ether oxygens (including phenoxy) is 2. The molecule has 6 nitrogen and oxygen atoms in total. The maximum Gasteiger partial charge on any atom is 0.223 e. The topological polar surface area (TPSA) is 76.8 Å². The van der Waals surface area contributed by atoms with Gasteiger partial charge in [-0.15, -0.1) is 0 Å². The zero-order valence-electron chi connectivity index (χ0n) is 15.5. The first-order chi connectivity index (χ1) is 12.8. The van der Waals surface area contributed by atoms with Gasteiger partial charge in [0.2, 0.25) is 5.91 Å². The first-order valence-corrected chi connectivity index (χ1v) is 9.76. The van der Waals surface area contributed by atoms with Gasteiger partial charge in [0.1, 0.15) is 12.4 Å². The summed E-state index contributed by atoms with van der Waals surface area (Å²) in [4.78, 5) is 14.8. The summed E-state index contributed by atoms with van der Waals surface area (Å²) in [5.74, 6) is 1.40. The Kier molecular flexibility index (Phi) is 7.29. The zero-order valence-corrected chi connectivity index (χ0v) is 15.5. The van der Waals surface area contributed by atoms with E-state index in [1.54, 1.807) is 0 Å². The number of hydrogen-bond acceptors (Lipinski definition) is 5. The fourth-order valence-electron chi connectivity index (χ4n) is 3.85. The minimum Gasteiger partial charge on any atom is -0.492 e. The van der Waals surface area contributed by atoms with Gasteiger partial charge in [0, 0.05) is 32.1 Å². The molecule has 1 heterocycles. The Hall–Kier alpha value is -1.63. The lowest BCUT2D eigenvalue weighted by molar-refractivity contribution is -0.126. The highest BCUT2D eigenvalue weighted by Gasteiger charge is 2.31. The number of nitrogens with zero attached hydrogens (tertiary/aromatic N) is 1. The average Bonchev–Trinajstić information content (AvgIpc) is 3.16. The summed E-state index contributed by atoms with van der Waals surface area (Å²) in [5, 5.41) is 3.07. The summed E-state index contributed by atoms with van der Waals surface area (Å²) in [6, 6.07) is 7.97. The van der Waals surface area contributed by atoms with Crippen molar-refractivity contribution in [3.8, 4) is 5.75 Å². The number of morpholine rings is 1. The van der Waals surface area contributed by atoms with Crippen molar-refractivity contribution in [1.82, 2.24) is 10.2 Å². The SMILES string of the molecule is NC[C@H]1CCC[C@H]1C(=O)NCc1cccc(OCCN2CCOCC2)c1. The van der Waals surface area contributed by atoms with Crippen molar-refractivity contribution in [3.05, 3.63) is 29.8 Å². The number of hydrogen-bond donors (Lipinski definition) is 2. The molecule has 1 saturated carbocycles. The van der Waals surface area contributed by atoms with E-state index < -0.39 is 0 Å². The molecule has 1 aromatic carbocycles.